The van der Waals surface area contributed by atoms with Crippen molar-refractivity contribution in [3.8, 4) is 0 Å². The number of hydrogen-bond donors (Lipinski definition) is 0. The molecule has 138 valence electrons. The monoisotopic (exact) mass is 394 g/mol. The largest absolute Gasteiger partial charge is 0.459 e. The van der Waals surface area contributed by atoms with Crippen LogP contribution in [0.15, 0.2) is 48.5 Å². The molecule has 0 N–H and O–H groups in total. The van der Waals surface area contributed by atoms with Gasteiger partial charge < -0.3 is 9.47 Å². The smallest absolute Gasteiger partial charge is 0.338 e. The van der Waals surface area contributed by atoms with Crippen LogP contribution >= 0.6 is 23.2 Å². The Morgan fingerprint density at radius 1 is 0.885 bits per heavy atom. The first-order valence-corrected chi connectivity index (χ1v) is 8.87. The van der Waals surface area contributed by atoms with Gasteiger partial charge in [0.25, 0.3) is 0 Å². The van der Waals surface area contributed by atoms with Gasteiger partial charge in [-0.05, 0) is 69.3 Å². The van der Waals surface area contributed by atoms with Crippen molar-refractivity contribution in [3.05, 3.63) is 69.7 Å². The summed E-state index contributed by atoms with van der Waals surface area (Å²) in [6.45, 7) is 5.30. The van der Waals surface area contributed by atoms with Gasteiger partial charge in [0.15, 0.2) is 0 Å². The highest BCUT2D eigenvalue weighted by Crippen LogP contribution is 2.22. The lowest BCUT2D eigenvalue weighted by Gasteiger charge is -2.28. The third-order valence-electron chi connectivity index (χ3n) is 3.62. The molecule has 0 radical (unpaired) electrons. The van der Waals surface area contributed by atoms with Crippen molar-refractivity contribution in [2.75, 3.05) is 0 Å². The van der Waals surface area contributed by atoms with Crippen molar-refractivity contribution in [3.63, 3.8) is 0 Å². The molecule has 0 spiro atoms. The van der Waals surface area contributed by atoms with E-state index in [0.29, 0.717) is 27.6 Å². The fraction of sp³-hybridized carbons (Fsp3) is 0.300. The van der Waals surface area contributed by atoms with Crippen LogP contribution in [0.2, 0.25) is 10.0 Å². The summed E-state index contributed by atoms with van der Waals surface area (Å²) >= 11 is 11.6. The van der Waals surface area contributed by atoms with E-state index < -0.39 is 23.6 Å². The predicted molar refractivity (Wildman–Crippen MR) is 102 cm³/mol. The number of benzene rings is 2. The molecule has 1 unspecified atom stereocenters. The lowest BCUT2D eigenvalue weighted by atomic mass is 10.0. The fourth-order valence-electron chi connectivity index (χ4n) is 2.51. The number of esters is 2. The van der Waals surface area contributed by atoms with Crippen LogP contribution in [-0.2, 0) is 9.47 Å². The molecule has 0 aliphatic heterocycles. The highest BCUT2D eigenvalue weighted by atomic mass is 35.5. The van der Waals surface area contributed by atoms with Crippen LogP contribution in [0.5, 0.6) is 0 Å². The summed E-state index contributed by atoms with van der Waals surface area (Å²) in [4.78, 5) is 24.4. The van der Waals surface area contributed by atoms with Crippen LogP contribution < -0.4 is 0 Å². The summed E-state index contributed by atoms with van der Waals surface area (Å²) in [6, 6.07) is 12.9. The highest BCUT2D eigenvalue weighted by molar-refractivity contribution is 6.30. The van der Waals surface area contributed by atoms with E-state index in [9.17, 15) is 9.59 Å². The van der Waals surface area contributed by atoms with Gasteiger partial charge in [-0.25, -0.2) is 9.59 Å². The third-order valence-corrected chi connectivity index (χ3v) is 4.12. The Kier molecular flexibility index (Phi) is 6.68. The Morgan fingerprint density at radius 3 is 1.77 bits per heavy atom. The van der Waals surface area contributed by atoms with Crippen molar-refractivity contribution in [2.24, 2.45) is 0 Å². The summed E-state index contributed by atoms with van der Waals surface area (Å²) in [6.07, 6.45) is -0.0859. The van der Waals surface area contributed by atoms with E-state index in [4.69, 9.17) is 32.7 Å². The average molecular weight is 395 g/mol. The number of rotatable bonds is 6. The lowest BCUT2D eigenvalue weighted by molar-refractivity contribution is -0.0282. The van der Waals surface area contributed by atoms with Gasteiger partial charge in [-0.3, -0.25) is 0 Å². The topological polar surface area (TPSA) is 52.6 Å². The molecule has 0 aliphatic rings. The molecule has 0 heterocycles. The molecule has 2 rings (SSSR count). The molecular weight excluding hydrogens is 375 g/mol. The van der Waals surface area contributed by atoms with Gasteiger partial charge in [-0.15, -0.1) is 0 Å². The van der Waals surface area contributed by atoms with Gasteiger partial charge in [-0.2, -0.15) is 0 Å². The van der Waals surface area contributed by atoms with Gasteiger partial charge >= 0.3 is 11.9 Å². The van der Waals surface area contributed by atoms with Crippen molar-refractivity contribution in [1.82, 2.24) is 0 Å². The summed E-state index contributed by atoms with van der Waals surface area (Å²) in [5.74, 6) is -0.906. The molecule has 6 heteroatoms. The van der Waals surface area contributed by atoms with E-state index in [1.807, 2.05) is 0 Å². The maximum Gasteiger partial charge on any atom is 0.338 e. The number of halogens is 2. The molecule has 1 atom stereocenters. The summed E-state index contributed by atoms with van der Waals surface area (Å²) in [5.41, 5.74) is 0.0154. The zero-order valence-corrected chi connectivity index (χ0v) is 16.3. The van der Waals surface area contributed by atoms with E-state index >= 15 is 0 Å². The number of carbonyl (C=O) groups excluding carboxylic acids is 2. The second-order valence-corrected chi connectivity index (χ2v) is 7.46. The van der Waals surface area contributed by atoms with Crippen LogP contribution in [0.1, 0.15) is 47.9 Å². The maximum atomic E-state index is 12.2. The van der Waals surface area contributed by atoms with Crippen LogP contribution in [0.25, 0.3) is 0 Å². The first-order chi connectivity index (χ1) is 12.2. The Balaban J connectivity index is 1.92. The lowest BCUT2D eigenvalue weighted by Crippen LogP contribution is -2.33. The molecule has 2 aromatic rings. The molecule has 0 bridgehead atoms. The van der Waals surface area contributed by atoms with Gasteiger partial charge in [0.1, 0.15) is 11.7 Å². The Morgan fingerprint density at radius 2 is 1.31 bits per heavy atom. The summed E-state index contributed by atoms with van der Waals surface area (Å²) < 4.78 is 11.0. The molecule has 0 fully saturated rings. The minimum Gasteiger partial charge on any atom is -0.459 e. The van der Waals surface area contributed by atoms with Crippen molar-refractivity contribution in [1.29, 1.82) is 0 Å². The minimum absolute atomic E-state index is 0.353. The molecule has 0 saturated carbocycles. The molecule has 0 aromatic heterocycles. The second-order valence-electron chi connectivity index (χ2n) is 6.58. The molecule has 4 nitrogen and oxygen atoms in total. The SMILES string of the molecule is CC(CC(C)(C)OC(=O)c1ccc(Cl)cc1)OC(=O)c1ccc(Cl)cc1. The van der Waals surface area contributed by atoms with Crippen LogP contribution in [0.4, 0.5) is 0 Å². The number of ether oxygens (including phenoxy) is 2. The standard InChI is InChI=1S/C20H20Cl2O4/c1-13(25-18(23)14-4-8-16(21)9-5-14)12-20(2,3)26-19(24)15-6-10-17(22)11-7-15/h4-11,13H,12H2,1-3H3. The first kappa shape index (κ1) is 20.3. The van der Waals surface area contributed by atoms with E-state index in [2.05, 4.69) is 0 Å². The summed E-state index contributed by atoms with van der Waals surface area (Å²) in [7, 11) is 0. The van der Waals surface area contributed by atoms with E-state index in [-0.39, 0.29) is 0 Å². The van der Waals surface area contributed by atoms with Crippen LogP contribution in [-0.4, -0.2) is 23.6 Å². The van der Waals surface area contributed by atoms with Crippen LogP contribution in [0, 0.1) is 0 Å². The van der Waals surface area contributed by atoms with E-state index in [1.54, 1.807) is 69.3 Å². The zero-order chi connectivity index (χ0) is 19.3. The van der Waals surface area contributed by atoms with E-state index in [1.165, 1.54) is 0 Å². The van der Waals surface area contributed by atoms with Crippen molar-refractivity contribution < 1.29 is 19.1 Å². The quantitative estimate of drug-likeness (QED) is 0.601. The van der Waals surface area contributed by atoms with Gasteiger partial charge in [-0.1, -0.05) is 23.2 Å². The molecule has 0 aliphatic carbocycles. The Hall–Kier alpha value is -2.04. The average Bonchev–Trinajstić information content (AvgIpc) is 2.54. The second kappa shape index (κ2) is 8.56. The predicted octanol–water partition coefficient (Wildman–Crippen LogP) is 5.56. The van der Waals surface area contributed by atoms with Gasteiger partial charge in [0.05, 0.1) is 11.1 Å². The fourth-order valence-corrected chi connectivity index (χ4v) is 2.76. The third kappa shape index (κ3) is 6.04. The minimum atomic E-state index is -0.809. The maximum absolute atomic E-state index is 12.2. The number of hydrogen-bond acceptors (Lipinski definition) is 4. The van der Waals surface area contributed by atoms with E-state index in [0.717, 1.165) is 0 Å². The molecule has 0 amide bonds. The van der Waals surface area contributed by atoms with Gasteiger partial charge in [0, 0.05) is 16.5 Å². The molecule has 0 saturated heterocycles. The highest BCUT2D eigenvalue weighted by Gasteiger charge is 2.28. The van der Waals surface area contributed by atoms with Crippen LogP contribution in [0.3, 0.4) is 0 Å². The Bertz CT molecular complexity index is 767. The summed E-state index contributed by atoms with van der Waals surface area (Å²) in [5, 5.41) is 1.09. The first-order valence-electron chi connectivity index (χ1n) is 8.12. The zero-order valence-electron chi connectivity index (χ0n) is 14.8. The molecule has 26 heavy (non-hydrogen) atoms. The Labute approximate surface area is 163 Å². The normalized spacial score (nSPS) is 12.3. The van der Waals surface area contributed by atoms with Crippen molar-refractivity contribution >= 4 is 35.1 Å². The number of carbonyl (C=O) groups is 2. The van der Waals surface area contributed by atoms with Crippen molar-refractivity contribution in [2.45, 2.75) is 38.9 Å². The van der Waals surface area contributed by atoms with Gasteiger partial charge in [0.2, 0.25) is 0 Å². The molecule has 2 aromatic carbocycles. The molecular formula is C20H20Cl2O4.